The highest BCUT2D eigenvalue weighted by atomic mass is 79.9. The fourth-order valence-electron chi connectivity index (χ4n) is 2.36. The summed E-state index contributed by atoms with van der Waals surface area (Å²) in [6.07, 6.45) is 6.48. The average Bonchev–Trinajstić information content (AvgIpc) is 2.85. The predicted octanol–water partition coefficient (Wildman–Crippen LogP) is 3.13. The summed E-state index contributed by atoms with van der Waals surface area (Å²) in [5.74, 6) is 7.29. The van der Waals surface area contributed by atoms with Crippen molar-refractivity contribution in [1.29, 1.82) is 0 Å². The van der Waals surface area contributed by atoms with Crippen molar-refractivity contribution in [2.45, 2.75) is 38.1 Å². The maximum absolute atomic E-state index is 5.57. The molecule has 0 aliphatic heterocycles. The van der Waals surface area contributed by atoms with Gasteiger partial charge in [-0.3, -0.25) is 5.84 Å². The number of nitrogens with two attached hydrogens (primary N) is 1. The highest BCUT2D eigenvalue weighted by Crippen LogP contribution is 2.33. The molecule has 1 aliphatic rings. The van der Waals surface area contributed by atoms with Gasteiger partial charge in [-0.25, -0.2) is 5.43 Å². The van der Waals surface area contributed by atoms with Crippen LogP contribution in [0.1, 0.15) is 43.9 Å². The lowest BCUT2D eigenvalue weighted by Crippen LogP contribution is -2.29. The van der Waals surface area contributed by atoms with Crippen molar-refractivity contribution < 1.29 is 4.42 Å². The molecule has 1 unspecified atom stereocenters. The molecule has 1 fully saturated rings. The van der Waals surface area contributed by atoms with Crippen LogP contribution < -0.4 is 11.3 Å². The predicted molar refractivity (Wildman–Crippen MR) is 63.0 cm³/mol. The number of hydrazine groups is 1. The molecule has 1 saturated carbocycles. The van der Waals surface area contributed by atoms with E-state index in [2.05, 4.69) is 21.4 Å². The normalized spacial score (nSPS) is 19.6. The van der Waals surface area contributed by atoms with E-state index in [0.29, 0.717) is 0 Å². The Morgan fingerprint density at radius 3 is 2.73 bits per heavy atom. The zero-order valence-corrected chi connectivity index (χ0v) is 10.3. The molecule has 0 saturated heterocycles. The highest BCUT2D eigenvalue weighted by molar-refractivity contribution is 9.10. The molecule has 1 aromatic heterocycles. The molecule has 0 amide bonds. The number of hydrogen-bond donors (Lipinski definition) is 2. The zero-order valence-electron chi connectivity index (χ0n) is 8.71. The van der Waals surface area contributed by atoms with Crippen LogP contribution in [-0.4, -0.2) is 0 Å². The van der Waals surface area contributed by atoms with E-state index in [1.807, 2.05) is 12.1 Å². The quantitative estimate of drug-likeness (QED) is 0.654. The molecule has 84 valence electrons. The van der Waals surface area contributed by atoms with Crippen LogP contribution in [-0.2, 0) is 0 Å². The van der Waals surface area contributed by atoms with Gasteiger partial charge in [-0.1, -0.05) is 25.7 Å². The van der Waals surface area contributed by atoms with Crippen LogP contribution in [0.5, 0.6) is 0 Å². The fraction of sp³-hybridized carbons (Fsp3) is 0.636. The zero-order chi connectivity index (χ0) is 10.7. The molecule has 1 aliphatic carbocycles. The maximum atomic E-state index is 5.57. The fourth-order valence-corrected chi connectivity index (χ4v) is 2.68. The van der Waals surface area contributed by atoms with Gasteiger partial charge in [0.15, 0.2) is 4.67 Å². The Morgan fingerprint density at radius 1 is 1.47 bits per heavy atom. The molecule has 1 atom stereocenters. The van der Waals surface area contributed by atoms with Crippen molar-refractivity contribution in [3.8, 4) is 0 Å². The van der Waals surface area contributed by atoms with Crippen molar-refractivity contribution in [3.63, 3.8) is 0 Å². The van der Waals surface area contributed by atoms with E-state index < -0.39 is 0 Å². The lowest BCUT2D eigenvalue weighted by atomic mass is 9.97. The number of rotatable bonds is 4. The molecule has 0 bridgehead atoms. The standard InChI is InChI=1S/C11H17BrN2O/c12-11-6-5-10(15-11)9(14-13)7-8-3-1-2-4-8/h5-6,8-9,14H,1-4,7,13H2. The maximum Gasteiger partial charge on any atom is 0.169 e. The van der Waals surface area contributed by atoms with Crippen molar-refractivity contribution in [2.75, 3.05) is 0 Å². The lowest BCUT2D eigenvalue weighted by Gasteiger charge is -2.17. The van der Waals surface area contributed by atoms with E-state index in [1.165, 1.54) is 25.7 Å². The van der Waals surface area contributed by atoms with Gasteiger partial charge in [-0.2, -0.15) is 0 Å². The van der Waals surface area contributed by atoms with E-state index in [1.54, 1.807) is 0 Å². The summed E-state index contributed by atoms with van der Waals surface area (Å²) < 4.78 is 6.29. The second-order valence-corrected chi connectivity index (χ2v) is 5.03. The largest absolute Gasteiger partial charge is 0.453 e. The molecule has 0 aromatic carbocycles. The van der Waals surface area contributed by atoms with Crippen molar-refractivity contribution in [2.24, 2.45) is 11.8 Å². The number of halogens is 1. The van der Waals surface area contributed by atoms with Crippen LogP contribution in [0.2, 0.25) is 0 Å². The summed E-state index contributed by atoms with van der Waals surface area (Å²) in [7, 11) is 0. The molecule has 1 aromatic rings. The lowest BCUT2D eigenvalue weighted by molar-refractivity contribution is 0.341. The van der Waals surface area contributed by atoms with Gasteiger partial charge in [-0.05, 0) is 40.4 Å². The molecular weight excluding hydrogens is 256 g/mol. The van der Waals surface area contributed by atoms with Crippen LogP contribution in [0.15, 0.2) is 21.2 Å². The molecule has 1 heterocycles. The topological polar surface area (TPSA) is 51.2 Å². The second-order valence-electron chi connectivity index (χ2n) is 4.25. The molecule has 15 heavy (non-hydrogen) atoms. The van der Waals surface area contributed by atoms with Crippen LogP contribution in [0.25, 0.3) is 0 Å². The Morgan fingerprint density at radius 2 is 2.20 bits per heavy atom. The minimum absolute atomic E-state index is 0.152. The number of furan rings is 1. The van der Waals surface area contributed by atoms with E-state index in [4.69, 9.17) is 10.3 Å². The molecular formula is C11H17BrN2O. The minimum atomic E-state index is 0.152. The summed E-state index contributed by atoms with van der Waals surface area (Å²) in [5, 5.41) is 0. The van der Waals surface area contributed by atoms with Crippen LogP contribution >= 0.6 is 15.9 Å². The Bertz CT molecular complexity index is 307. The number of nitrogens with one attached hydrogen (secondary N) is 1. The molecule has 2 rings (SSSR count). The summed E-state index contributed by atoms with van der Waals surface area (Å²) in [5.41, 5.74) is 2.84. The Hall–Kier alpha value is -0.320. The van der Waals surface area contributed by atoms with Crippen molar-refractivity contribution in [1.82, 2.24) is 5.43 Å². The smallest absolute Gasteiger partial charge is 0.169 e. The summed E-state index contributed by atoms with van der Waals surface area (Å²) in [4.78, 5) is 0. The average molecular weight is 273 g/mol. The van der Waals surface area contributed by atoms with Gasteiger partial charge in [0.2, 0.25) is 0 Å². The van der Waals surface area contributed by atoms with E-state index in [-0.39, 0.29) is 6.04 Å². The SMILES string of the molecule is NNC(CC1CCCC1)c1ccc(Br)o1. The number of hydrogen-bond acceptors (Lipinski definition) is 3. The molecule has 4 heteroatoms. The first kappa shape index (κ1) is 11.2. The van der Waals surface area contributed by atoms with Gasteiger partial charge >= 0.3 is 0 Å². The third kappa shape index (κ3) is 2.83. The van der Waals surface area contributed by atoms with Crippen LogP contribution in [0, 0.1) is 5.92 Å². The first-order valence-electron chi connectivity index (χ1n) is 5.51. The first-order chi connectivity index (χ1) is 7.29. The van der Waals surface area contributed by atoms with Crippen molar-refractivity contribution in [3.05, 3.63) is 22.6 Å². The van der Waals surface area contributed by atoms with Gasteiger partial charge in [0.25, 0.3) is 0 Å². The minimum Gasteiger partial charge on any atom is -0.453 e. The van der Waals surface area contributed by atoms with E-state index >= 15 is 0 Å². The van der Waals surface area contributed by atoms with Gasteiger partial charge in [0, 0.05) is 0 Å². The first-order valence-corrected chi connectivity index (χ1v) is 6.30. The molecule has 3 N–H and O–H groups in total. The summed E-state index contributed by atoms with van der Waals surface area (Å²) >= 11 is 3.31. The monoisotopic (exact) mass is 272 g/mol. The van der Waals surface area contributed by atoms with Gasteiger partial charge < -0.3 is 4.42 Å². The molecule has 0 radical (unpaired) electrons. The van der Waals surface area contributed by atoms with Gasteiger partial charge in [0.05, 0.1) is 6.04 Å². The summed E-state index contributed by atoms with van der Waals surface area (Å²) in [6.45, 7) is 0. The van der Waals surface area contributed by atoms with E-state index in [0.717, 1.165) is 22.8 Å². The third-order valence-corrected chi connectivity index (χ3v) is 3.61. The Labute approximate surface area is 98.5 Å². The molecule has 3 nitrogen and oxygen atoms in total. The Kier molecular flexibility index (Phi) is 3.83. The van der Waals surface area contributed by atoms with Gasteiger partial charge in [-0.15, -0.1) is 0 Å². The van der Waals surface area contributed by atoms with Crippen LogP contribution in [0.3, 0.4) is 0 Å². The molecule has 0 spiro atoms. The third-order valence-electron chi connectivity index (χ3n) is 3.18. The van der Waals surface area contributed by atoms with Gasteiger partial charge in [0.1, 0.15) is 5.76 Å². The second kappa shape index (κ2) is 5.14. The van der Waals surface area contributed by atoms with Crippen molar-refractivity contribution >= 4 is 15.9 Å². The Balaban J connectivity index is 1.97. The van der Waals surface area contributed by atoms with Crippen LogP contribution in [0.4, 0.5) is 0 Å². The highest BCUT2D eigenvalue weighted by Gasteiger charge is 2.22. The van der Waals surface area contributed by atoms with E-state index in [9.17, 15) is 0 Å². The summed E-state index contributed by atoms with van der Waals surface area (Å²) in [6, 6.07) is 4.04.